The predicted molar refractivity (Wildman–Crippen MR) is 106 cm³/mol. The molecule has 0 radical (unpaired) electrons. The van der Waals surface area contributed by atoms with E-state index in [1.807, 2.05) is 38.1 Å². The molecular formula is C19H19ClN2O4S. The standard InChI is InChI=1S/C19H19ClN2O4S/c1-12(2)14-5-3-4-6-17(14)21-19(24)15-8-7-13(11-16(15)20)22-18(23)9-10-27(22,25)26/h3-8,11-12H,9-10H2,1-2H3,(H,21,24). The van der Waals surface area contributed by atoms with Gasteiger partial charge in [-0.1, -0.05) is 43.6 Å². The highest BCUT2D eigenvalue weighted by Gasteiger charge is 2.36. The molecule has 1 N–H and O–H groups in total. The minimum absolute atomic E-state index is 0.0613. The van der Waals surface area contributed by atoms with Crippen LogP contribution < -0.4 is 9.62 Å². The van der Waals surface area contributed by atoms with Crippen molar-refractivity contribution in [3.05, 3.63) is 58.6 Å². The van der Waals surface area contributed by atoms with Crippen molar-refractivity contribution >= 4 is 44.8 Å². The van der Waals surface area contributed by atoms with Crippen molar-refractivity contribution in [2.24, 2.45) is 0 Å². The van der Waals surface area contributed by atoms with Crippen LogP contribution in [0.1, 0.15) is 42.1 Å². The monoisotopic (exact) mass is 406 g/mol. The summed E-state index contributed by atoms with van der Waals surface area (Å²) in [5.41, 5.74) is 2.02. The van der Waals surface area contributed by atoms with E-state index in [1.54, 1.807) is 0 Å². The number of rotatable bonds is 4. The van der Waals surface area contributed by atoms with Gasteiger partial charge in [0.25, 0.3) is 5.91 Å². The van der Waals surface area contributed by atoms with Gasteiger partial charge in [-0.25, -0.2) is 12.7 Å². The molecule has 27 heavy (non-hydrogen) atoms. The number of halogens is 1. The van der Waals surface area contributed by atoms with Crippen LogP contribution in [0, 0.1) is 0 Å². The Morgan fingerprint density at radius 1 is 1.19 bits per heavy atom. The highest BCUT2D eigenvalue weighted by Crippen LogP contribution is 2.30. The highest BCUT2D eigenvalue weighted by atomic mass is 35.5. The molecule has 0 unspecified atom stereocenters. The third-order valence-electron chi connectivity index (χ3n) is 4.34. The molecule has 1 aliphatic heterocycles. The van der Waals surface area contributed by atoms with Crippen molar-refractivity contribution in [3.8, 4) is 0 Å². The number of anilines is 2. The molecule has 1 saturated heterocycles. The molecule has 1 aliphatic rings. The van der Waals surface area contributed by atoms with Crippen molar-refractivity contribution < 1.29 is 18.0 Å². The van der Waals surface area contributed by atoms with E-state index in [0.717, 1.165) is 9.87 Å². The Morgan fingerprint density at radius 2 is 1.89 bits per heavy atom. The summed E-state index contributed by atoms with van der Waals surface area (Å²) in [4.78, 5) is 24.5. The van der Waals surface area contributed by atoms with Crippen LogP contribution in [-0.4, -0.2) is 26.0 Å². The van der Waals surface area contributed by atoms with Gasteiger partial charge in [-0.15, -0.1) is 0 Å². The Bertz CT molecular complexity index is 1020. The number of nitrogens with zero attached hydrogens (tertiary/aromatic N) is 1. The Labute approximate surface area is 163 Å². The molecule has 2 aromatic carbocycles. The summed E-state index contributed by atoms with van der Waals surface area (Å²) < 4.78 is 24.8. The molecule has 8 heteroatoms. The second-order valence-electron chi connectivity index (χ2n) is 6.58. The number of carbonyl (C=O) groups excluding carboxylic acids is 2. The van der Waals surface area contributed by atoms with Crippen LogP contribution in [0.4, 0.5) is 11.4 Å². The number of carbonyl (C=O) groups is 2. The molecule has 0 aromatic heterocycles. The largest absolute Gasteiger partial charge is 0.322 e. The van der Waals surface area contributed by atoms with Gasteiger partial charge in [0.2, 0.25) is 15.9 Å². The lowest BCUT2D eigenvalue weighted by atomic mass is 10.0. The minimum Gasteiger partial charge on any atom is -0.322 e. The maximum atomic E-state index is 12.6. The zero-order valence-corrected chi connectivity index (χ0v) is 16.5. The minimum atomic E-state index is -3.68. The van der Waals surface area contributed by atoms with Gasteiger partial charge in [-0.2, -0.15) is 0 Å². The molecule has 0 saturated carbocycles. The summed E-state index contributed by atoms with van der Waals surface area (Å²) >= 11 is 6.22. The molecule has 1 heterocycles. The van der Waals surface area contributed by atoms with E-state index in [-0.39, 0.29) is 34.4 Å². The van der Waals surface area contributed by atoms with Crippen molar-refractivity contribution in [3.63, 3.8) is 0 Å². The van der Waals surface area contributed by atoms with E-state index in [9.17, 15) is 18.0 Å². The third-order valence-corrected chi connectivity index (χ3v) is 6.34. The van der Waals surface area contributed by atoms with Crippen LogP contribution >= 0.6 is 11.6 Å². The normalized spacial score (nSPS) is 16.0. The lowest BCUT2D eigenvalue weighted by molar-refractivity contribution is -0.116. The Hall–Kier alpha value is -2.38. The number of amides is 2. The number of hydrogen-bond donors (Lipinski definition) is 1. The second-order valence-corrected chi connectivity index (χ2v) is 8.93. The number of sulfonamides is 1. The molecule has 142 valence electrons. The van der Waals surface area contributed by atoms with Crippen LogP contribution in [0.25, 0.3) is 0 Å². The van der Waals surface area contributed by atoms with E-state index < -0.39 is 21.8 Å². The smallest absolute Gasteiger partial charge is 0.257 e. The van der Waals surface area contributed by atoms with Gasteiger partial charge in [0.1, 0.15) is 0 Å². The number of hydrogen-bond acceptors (Lipinski definition) is 4. The zero-order chi connectivity index (χ0) is 19.8. The molecule has 0 bridgehead atoms. The predicted octanol–water partition coefficient (Wildman–Crippen LogP) is 3.78. The van der Waals surface area contributed by atoms with E-state index in [1.165, 1.54) is 18.2 Å². The van der Waals surface area contributed by atoms with E-state index in [0.29, 0.717) is 5.69 Å². The number of benzene rings is 2. The van der Waals surface area contributed by atoms with Gasteiger partial charge in [-0.05, 0) is 35.7 Å². The average molecular weight is 407 g/mol. The summed E-state index contributed by atoms with van der Waals surface area (Å²) in [6.07, 6.45) is -0.0613. The molecule has 2 amide bonds. The first-order chi connectivity index (χ1) is 12.7. The fourth-order valence-electron chi connectivity index (χ4n) is 2.99. The summed E-state index contributed by atoms with van der Waals surface area (Å²) in [5, 5.41) is 2.91. The first kappa shape index (κ1) is 19.4. The Kier molecular flexibility index (Phi) is 5.26. The molecule has 1 fully saturated rings. The maximum absolute atomic E-state index is 12.6. The molecule has 3 rings (SSSR count). The lowest BCUT2D eigenvalue weighted by Gasteiger charge is -2.17. The maximum Gasteiger partial charge on any atom is 0.257 e. The summed E-state index contributed by atoms with van der Waals surface area (Å²) in [5.74, 6) is -0.910. The highest BCUT2D eigenvalue weighted by molar-refractivity contribution is 7.94. The van der Waals surface area contributed by atoms with Gasteiger partial charge < -0.3 is 5.32 Å². The summed E-state index contributed by atoms with van der Waals surface area (Å²) in [6, 6.07) is 11.6. The molecule has 0 spiro atoms. The van der Waals surface area contributed by atoms with Crippen LogP contribution in [0.15, 0.2) is 42.5 Å². The topological polar surface area (TPSA) is 83.6 Å². The summed E-state index contributed by atoms with van der Waals surface area (Å²) in [6.45, 7) is 4.06. The molecule has 0 atom stereocenters. The number of nitrogens with one attached hydrogen (secondary N) is 1. The van der Waals surface area contributed by atoms with E-state index in [2.05, 4.69) is 5.32 Å². The van der Waals surface area contributed by atoms with E-state index in [4.69, 9.17) is 11.6 Å². The second kappa shape index (κ2) is 7.32. The van der Waals surface area contributed by atoms with Crippen LogP contribution in [0.5, 0.6) is 0 Å². The van der Waals surface area contributed by atoms with Crippen LogP contribution in [-0.2, 0) is 14.8 Å². The average Bonchev–Trinajstić information content (AvgIpc) is 2.87. The molecule has 0 aliphatic carbocycles. The molecular weight excluding hydrogens is 388 g/mol. The SMILES string of the molecule is CC(C)c1ccccc1NC(=O)c1ccc(N2C(=O)CCS2(=O)=O)cc1Cl. The van der Waals surface area contributed by atoms with Gasteiger partial charge in [-0.3, -0.25) is 9.59 Å². The quantitative estimate of drug-likeness (QED) is 0.837. The summed E-state index contributed by atoms with van der Waals surface area (Å²) in [7, 11) is -3.68. The molecule has 2 aromatic rings. The van der Waals surface area contributed by atoms with Gasteiger partial charge in [0.15, 0.2) is 0 Å². The van der Waals surface area contributed by atoms with Gasteiger partial charge in [0, 0.05) is 12.1 Å². The fraction of sp³-hybridized carbons (Fsp3) is 0.263. The van der Waals surface area contributed by atoms with Crippen LogP contribution in [0.2, 0.25) is 5.02 Å². The Balaban J connectivity index is 1.89. The lowest BCUT2D eigenvalue weighted by Crippen LogP contribution is -2.29. The van der Waals surface area contributed by atoms with E-state index >= 15 is 0 Å². The van der Waals surface area contributed by atoms with Crippen molar-refractivity contribution in [1.82, 2.24) is 0 Å². The number of para-hydroxylation sites is 1. The third kappa shape index (κ3) is 3.84. The van der Waals surface area contributed by atoms with Crippen LogP contribution in [0.3, 0.4) is 0 Å². The molecule has 6 nitrogen and oxygen atoms in total. The Morgan fingerprint density at radius 3 is 2.48 bits per heavy atom. The first-order valence-electron chi connectivity index (χ1n) is 8.46. The van der Waals surface area contributed by atoms with Crippen molar-refractivity contribution in [2.45, 2.75) is 26.2 Å². The van der Waals surface area contributed by atoms with Crippen molar-refractivity contribution in [2.75, 3.05) is 15.4 Å². The van der Waals surface area contributed by atoms with Gasteiger partial charge >= 0.3 is 0 Å². The zero-order valence-electron chi connectivity index (χ0n) is 14.9. The fourth-order valence-corrected chi connectivity index (χ4v) is 4.70. The van der Waals surface area contributed by atoms with Gasteiger partial charge in [0.05, 0.1) is 22.0 Å². The van der Waals surface area contributed by atoms with Crippen molar-refractivity contribution in [1.29, 1.82) is 0 Å². The first-order valence-corrected chi connectivity index (χ1v) is 10.4.